The molecule has 0 saturated carbocycles. The molecule has 6 nitrogen and oxygen atoms in total. The molecule has 1 aromatic heterocycles. The Morgan fingerprint density at radius 1 is 1.43 bits per heavy atom. The summed E-state index contributed by atoms with van der Waals surface area (Å²) in [4.78, 5) is 14.1. The van der Waals surface area contributed by atoms with Gasteiger partial charge in [-0.3, -0.25) is 4.79 Å². The average Bonchev–Trinajstić information content (AvgIpc) is 2.83. The molecule has 0 bridgehead atoms. The summed E-state index contributed by atoms with van der Waals surface area (Å²) in [5.41, 5.74) is 7.01. The van der Waals surface area contributed by atoms with Crippen LogP contribution in [0.25, 0.3) is 0 Å². The van der Waals surface area contributed by atoms with Gasteiger partial charge in [-0.05, 0) is 13.0 Å². The Morgan fingerprint density at radius 2 is 2.17 bits per heavy atom. The van der Waals surface area contributed by atoms with E-state index in [1.807, 2.05) is 0 Å². The highest BCUT2D eigenvalue weighted by Gasteiger charge is 2.17. The van der Waals surface area contributed by atoms with E-state index in [1.54, 1.807) is 43.2 Å². The number of benzene rings is 1. The molecular weight excluding hydrogens is 299 g/mol. The van der Waals surface area contributed by atoms with Gasteiger partial charge in [0, 0.05) is 31.8 Å². The second-order valence-corrected chi connectivity index (χ2v) is 5.27. The molecular formula is C16H21FN4O2. The summed E-state index contributed by atoms with van der Waals surface area (Å²) in [5.74, 6) is -0.106. The molecule has 0 spiro atoms. The second-order valence-electron chi connectivity index (χ2n) is 5.27. The maximum absolute atomic E-state index is 13.8. The van der Waals surface area contributed by atoms with E-state index in [0.29, 0.717) is 24.5 Å². The number of nitrogens with two attached hydrogens (primary N) is 1. The van der Waals surface area contributed by atoms with E-state index in [1.165, 1.54) is 10.7 Å². The summed E-state index contributed by atoms with van der Waals surface area (Å²) < 4.78 is 20.3. The second kappa shape index (κ2) is 7.73. The Labute approximate surface area is 134 Å². The van der Waals surface area contributed by atoms with Crippen LogP contribution in [0.1, 0.15) is 11.3 Å². The van der Waals surface area contributed by atoms with Crippen LogP contribution in [-0.2, 0) is 22.6 Å². The molecule has 0 unspecified atom stereocenters. The summed E-state index contributed by atoms with van der Waals surface area (Å²) in [6.07, 6.45) is 0. The van der Waals surface area contributed by atoms with Gasteiger partial charge in [-0.15, -0.1) is 0 Å². The van der Waals surface area contributed by atoms with Crippen LogP contribution in [0.15, 0.2) is 30.3 Å². The number of carbonyl (C=O) groups is 1. The Hall–Kier alpha value is -2.41. The zero-order chi connectivity index (χ0) is 16.8. The number of aromatic nitrogens is 2. The smallest absolute Gasteiger partial charge is 0.244 e. The first kappa shape index (κ1) is 17.0. The molecule has 0 saturated heterocycles. The number of carbonyl (C=O) groups excluding carboxylic acids is 1. The van der Waals surface area contributed by atoms with Crippen molar-refractivity contribution in [3.05, 3.63) is 47.4 Å². The Kier molecular flexibility index (Phi) is 5.70. The quantitative estimate of drug-likeness (QED) is 0.841. The van der Waals surface area contributed by atoms with E-state index in [4.69, 9.17) is 10.5 Å². The molecule has 1 amide bonds. The van der Waals surface area contributed by atoms with Crippen LogP contribution in [0, 0.1) is 12.7 Å². The zero-order valence-corrected chi connectivity index (χ0v) is 13.3. The van der Waals surface area contributed by atoms with Crippen molar-refractivity contribution in [1.82, 2.24) is 14.7 Å². The number of halogens is 1. The monoisotopic (exact) mass is 320 g/mol. The van der Waals surface area contributed by atoms with E-state index in [2.05, 4.69) is 5.10 Å². The standard InChI is InChI=1S/C16H21FN4O2/c1-12-9-15(18)21(19-12)11-16(22)20(7-8-23-2)10-13-5-3-4-6-14(13)17/h3-6,9H,7-8,10-11,18H2,1-2H3. The Balaban J connectivity index is 2.12. The number of aryl methyl sites for hydroxylation is 1. The van der Waals surface area contributed by atoms with Crippen molar-refractivity contribution in [2.24, 2.45) is 0 Å². The lowest BCUT2D eigenvalue weighted by atomic mass is 10.2. The number of methoxy groups -OCH3 is 1. The summed E-state index contributed by atoms with van der Waals surface area (Å²) in [7, 11) is 1.56. The van der Waals surface area contributed by atoms with E-state index in [0.717, 1.165) is 5.69 Å². The molecule has 0 aliphatic rings. The van der Waals surface area contributed by atoms with Gasteiger partial charge in [0.05, 0.1) is 12.3 Å². The van der Waals surface area contributed by atoms with Gasteiger partial charge in [-0.25, -0.2) is 9.07 Å². The lowest BCUT2D eigenvalue weighted by Crippen LogP contribution is -2.36. The van der Waals surface area contributed by atoms with Gasteiger partial charge in [0.25, 0.3) is 0 Å². The molecule has 124 valence electrons. The predicted octanol–water partition coefficient (Wildman–Crippen LogP) is 1.59. The van der Waals surface area contributed by atoms with Gasteiger partial charge in [-0.2, -0.15) is 5.10 Å². The maximum atomic E-state index is 13.8. The van der Waals surface area contributed by atoms with E-state index in [9.17, 15) is 9.18 Å². The number of ether oxygens (including phenoxy) is 1. The zero-order valence-electron chi connectivity index (χ0n) is 13.3. The van der Waals surface area contributed by atoms with Gasteiger partial charge in [-0.1, -0.05) is 18.2 Å². The van der Waals surface area contributed by atoms with Crippen molar-refractivity contribution in [2.75, 3.05) is 26.0 Å². The molecule has 0 aliphatic heterocycles. The van der Waals surface area contributed by atoms with Gasteiger partial charge in [0.1, 0.15) is 18.2 Å². The summed E-state index contributed by atoms with van der Waals surface area (Å²) >= 11 is 0. The van der Waals surface area contributed by atoms with Crippen LogP contribution in [0.2, 0.25) is 0 Å². The molecule has 7 heteroatoms. The fourth-order valence-corrected chi connectivity index (χ4v) is 2.25. The predicted molar refractivity (Wildman–Crippen MR) is 85.1 cm³/mol. The molecule has 1 aromatic carbocycles. The van der Waals surface area contributed by atoms with Crippen molar-refractivity contribution in [2.45, 2.75) is 20.0 Å². The molecule has 23 heavy (non-hydrogen) atoms. The molecule has 0 aliphatic carbocycles. The summed E-state index contributed by atoms with van der Waals surface area (Å²) in [6.45, 7) is 2.73. The molecule has 2 aromatic rings. The van der Waals surface area contributed by atoms with Crippen LogP contribution >= 0.6 is 0 Å². The largest absolute Gasteiger partial charge is 0.384 e. The van der Waals surface area contributed by atoms with Gasteiger partial charge < -0.3 is 15.4 Å². The number of nitrogens with zero attached hydrogens (tertiary/aromatic N) is 3. The third kappa shape index (κ3) is 4.53. The third-order valence-corrected chi connectivity index (χ3v) is 3.46. The fourth-order valence-electron chi connectivity index (χ4n) is 2.25. The molecule has 2 N–H and O–H groups in total. The topological polar surface area (TPSA) is 73.4 Å². The Morgan fingerprint density at radius 3 is 2.78 bits per heavy atom. The van der Waals surface area contributed by atoms with Gasteiger partial charge in [0.15, 0.2) is 0 Å². The van der Waals surface area contributed by atoms with Crippen LogP contribution in [0.5, 0.6) is 0 Å². The van der Waals surface area contributed by atoms with Crippen LogP contribution in [0.3, 0.4) is 0 Å². The highest BCUT2D eigenvalue weighted by atomic mass is 19.1. The first-order chi connectivity index (χ1) is 11.0. The van der Waals surface area contributed by atoms with Crippen LogP contribution in [0.4, 0.5) is 10.2 Å². The Bertz CT molecular complexity index is 672. The van der Waals surface area contributed by atoms with E-state index < -0.39 is 0 Å². The number of hydrogen-bond donors (Lipinski definition) is 1. The third-order valence-electron chi connectivity index (χ3n) is 3.46. The number of hydrogen-bond acceptors (Lipinski definition) is 4. The van der Waals surface area contributed by atoms with Crippen molar-refractivity contribution in [1.29, 1.82) is 0 Å². The van der Waals surface area contributed by atoms with Crippen molar-refractivity contribution >= 4 is 11.7 Å². The van der Waals surface area contributed by atoms with Gasteiger partial charge >= 0.3 is 0 Å². The lowest BCUT2D eigenvalue weighted by molar-refractivity contribution is -0.133. The minimum Gasteiger partial charge on any atom is -0.384 e. The average molecular weight is 320 g/mol. The highest BCUT2D eigenvalue weighted by molar-refractivity contribution is 5.76. The number of amides is 1. The van der Waals surface area contributed by atoms with Crippen molar-refractivity contribution < 1.29 is 13.9 Å². The number of nitrogen functional groups attached to an aromatic ring is 1. The van der Waals surface area contributed by atoms with E-state index in [-0.39, 0.29) is 24.8 Å². The minimum atomic E-state index is -0.336. The van der Waals surface area contributed by atoms with Crippen molar-refractivity contribution in [3.8, 4) is 0 Å². The van der Waals surface area contributed by atoms with Crippen LogP contribution in [-0.4, -0.2) is 40.8 Å². The van der Waals surface area contributed by atoms with Gasteiger partial charge in [0.2, 0.25) is 5.91 Å². The molecule has 2 rings (SSSR count). The highest BCUT2D eigenvalue weighted by Crippen LogP contribution is 2.12. The fraction of sp³-hybridized carbons (Fsp3) is 0.375. The summed E-state index contributed by atoms with van der Waals surface area (Å²) in [6, 6.07) is 8.10. The van der Waals surface area contributed by atoms with E-state index >= 15 is 0 Å². The SMILES string of the molecule is COCCN(Cc1ccccc1F)C(=O)Cn1nc(C)cc1N. The minimum absolute atomic E-state index is 0.0117. The molecule has 1 heterocycles. The molecule has 0 radical (unpaired) electrons. The normalized spacial score (nSPS) is 10.7. The maximum Gasteiger partial charge on any atom is 0.244 e. The number of rotatable bonds is 7. The summed E-state index contributed by atoms with van der Waals surface area (Å²) in [5, 5.41) is 4.18. The first-order valence-electron chi connectivity index (χ1n) is 7.31. The first-order valence-corrected chi connectivity index (χ1v) is 7.31. The number of anilines is 1. The lowest BCUT2D eigenvalue weighted by Gasteiger charge is -2.23. The van der Waals surface area contributed by atoms with Crippen LogP contribution < -0.4 is 5.73 Å². The molecule has 0 atom stereocenters. The molecule has 0 fully saturated rings. The van der Waals surface area contributed by atoms with Crippen molar-refractivity contribution in [3.63, 3.8) is 0 Å².